The van der Waals surface area contributed by atoms with Crippen LogP contribution >= 0.6 is 0 Å². The summed E-state index contributed by atoms with van der Waals surface area (Å²) in [6, 6.07) is 3.42. The molecule has 1 rings (SSSR count). The van der Waals surface area contributed by atoms with Gasteiger partial charge in [0.05, 0.1) is 11.7 Å². The van der Waals surface area contributed by atoms with Gasteiger partial charge in [0.25, 0.3) is 5.91 Å². The van der Waals surface area contributed by atoms with E-state index in [1.54, 1.807) is 6.92 Å². The van der Waals surface area contributed by atoms with E-state index in [2.05, 4.69) is 5.32 Å². The Morgan fingerprint density at radius 1 is 1.50 bits per heavy atom. The highest BCUT2D eigenvalue weighted by atomic mass is 19.2. The van der Waals surface area contributed by atoms with Crippen molar-refractivity contribution in [3.63, 3.8) is 0 Å². The number of halogens is 2. The number of rotatable bonds is 4. The van der Waals surface area contributed by atoms with E-state index in [0.717, 1.165) is 6.07 Å². The van der Waals surface area contributed by atoms with Crippen molar-refractivity contribution in [1.29, 1.82) is 0 Å². The van der Waals surface area contributed by atoms with Crippen LogP contribution in [0.3, 0.4) is 0 Å². The number of carbonyl (C=O) groups is 1. The summed E-state index contributed by atoms with van der Waals surface area (Å²) < 4.78 is 25.9. The van der Waals surface area contributed by atoms with Crippen LogP contribution in [0.2, 0.25) is 0 Å². The van der Waals surface area contributed by atoms with Crippen LogP contribution in [-0.4, -0.2) is 23.7 Å². The monoisotopic (exact) mass is 229 g/mol. The Kier molecular flexibility index (Phi) is 4.37. The summed E-state index contributed by atoms with van der Waals surface area (Å²) in [6.07, 6.45) is -0.180. The standard InChI is InChI=1S/C11H13F2NO2/c1-7(15)5-6-14-11(16)8-3-2-4-9(12)10(8)13/h2-4,7,15H,5-6H2,1H3,(H,14,16). The lowest BCUT2D eigenvalue weighted by molar-refractivity contribution is 0.0940. The molecule has 0 saturated heterocycles. The summed E-state index contributed by atoms with van der Waals surface area (Å²) in [5.41, 5.74) is -0.328. The highest BCUT2D eigenvalue weighted by Crippen LogP contribution is 2.10. The zero-order valence-corrected chi connectivity index (χ0v) is 8.84. The molecule has 5 heteroatoms. The highest BCUT2D eigenvalue weighted by molar-refractivity contribution is 5.94. The molecule has 0 aliphatic rings. The molecule has 0 aliphatic carbocycles. The predicted molar refractivity (Wildman–Crippen MR) is 55.0 cm³/mol. The van der Waals surface area contributed by atoms with E-state index < -0.39 is 23.6 Å². The Labute approximate surface area is 92.1 Å². The topological polar surface area (TPSA) is 49.3 Å². The van der Waals surface area contributed by atoms with Crippen molar-refractivity contribution < 1.29 is 18.7 Å². The quantitative estimate of drug-likeness (QED) is 0.821. The van der Waals surface area contributed by atoms with Crippen LogP contribution in [0.5, 0.6) is 0 Å². The van der Waals surface area contributed by atoms with Gasteiger partial charge in [-0.25, -0.2) is 8.78 Å². The Morgan fingerprint density at radius 2 is 2.19 bits per heavy atom. The van der Waals surface area contributed by atoms with Crippen molar-refractivity contribution in [3.05, 3.63) is 35.4 Å². The summed E-state index contributed by atoms with van der Waals surface area (Å²) in [5, 5.41) is 11.3. The summed E-state index contributed by atoms with van der Waals surface area (Å²) in [5.74, 6) is -2.89. The lowest BCUT2D eigenvalue weighted by Crippen LogP contribution is -2.27. The minimum absolute atomic E-state index is 0.215. The van der Waals surface area contributed by atoms with Gasteiger partial charge in [0.1, 0.15) is 0 Å². The fraction of sp³-hybridized carbons (Fsp3) is 0.364. The molecule has 88 valence electrons. The van der Waals surface area contributed by atoms with E-state index in [4.69, 9.17) is 5.11 Å². The third-order valence-electron chi connectivity index (χ3n) is 2.04. The third kappa shape index (κ3) is 3.27. The lowest BCUT2D eigenvalue weighted by Gasteiger charge is -2.07. The molecule has 1 atom stereocenters. The molecule has 0 saturated carbocycles. The number of hydrogen-bond acceptors (Lipinski definition) is 2. The second-order valence-electron chi connectivity index (χ2n) is 3.49. The SMILES string of the molecule is CC(O)CCNC(=O)c1cccc(F)c1F. The van der Waals surface area contributed by atoms with E-state index in [-0.39, 0.29) is 12.1 Å². The minimum atomic E-state index is -1.16. The smallest absolute Gasteiger partial charge is 0.254 e. The van der Waals surface area contributed by atoms with Crippen molar-refractivity contribution in [1.82, 2.24) is 5.32 Å². The van der Waals surface area contributed by atoms with Crippen LogP contribution in [0.1, 0.15) is 23.7 Å². The molecular formula is C11H13F2NO2. The second kappa shape index (κ2) is 5.55. The largest absolute Gasteiger partial charge is 0.393 e. The normalized spacial score (nSPS) is 12.2. The number of nitrogens with one attached hydrogen (secondary N) is 1. The van der Waals surface area contributed by atoms with Gasteiger partial charge in [0, 0.05) is 6.54 Å². The molecule has 1 aromatic carbocycles. The van der Waals surface area contributed by atoms with Crippen molar-refractivity contribution >= 4 is 5.91 Å². The molecule has 0 spiro atoms. The fourth-order valence-electron chi connectivity index (χ4n) is 1.17. The zero-order chi connectivity index (χ0) is 12.1. The van der Waals surface area contributed by atoms with Gasteiger partial charge in [-0.1, -0.05) is 6.07 Å². The number of aliphatic hydroxyl groups is 1. The molecule has 0 radical (unpaired) electrons. The molecule has 0 aliphatic heterocycles. The predicted octanol–water partition coefficient (Wildman–Crippen LogP) is 1.47. The molecule has 0 fully saturated rings. The van der Waals surface area contributed by atoms with Crippen LogP contribution in [0, 0.1) is 11.6 Å². The van der Waals surface area contributed by atoms with Gasteiger partial charge >= 0.3 is 0 Å². The Hall–Kier alpha value is -1.49. The number of hydrogen-bond donors (Lipinski definition) is 2. The minimum Gasteiger partial charge on any atom is -0.393 e. The van der Waals surface area contributed by atoms with E-state index >= 15 is 0 Å². The second-order valence-corrected chi connectivity index (χ2v) is 3.49. The maximum Gasteiger partial charge on any atom is 0.254 e. The molecular weight excluding hydrogens is 216 g/mol. The molecule has 3 nitrogen and oxygen atoms in total. The van der Waals surface area contributed by atoms with Crippen LogP contribution in [0.25, 0.3) is 0 Å². The van der Waals surface area contributed by atoms with Crippen molar-refractivity contribution in [2.24, 2.45) is 0 Å². The van der Waals surface area contributed by atoms with Gasteiger partial charge in [-0.2, -0.15) is 0 Å². The van der Waals surface area contributed by atoms with Crippen LogP contribution in [0.4, 0.5) is 8.78 Å². The highest BCUT2D eigenvalue weighted by Gasteiger charge is 2.14. The Bertz CT molecular complexity index is 380. The molecule has 2 N–H and O–H groups in total. The first-order chi connectivity index (χ1) is 7.52. The first-order valence-corrected chi connectivity index (χ1v) is 4.92. The molecule has 1 amide bonds. The van der Waals surface area contributed by atoms with Gasteiger partial charge in [0.2, 0.25) is 0 Å². The Morgan fingerprint density at radius 3 is 2.81 bits per heavy atom. The van der Waals surface area contributed by atoms with E-state index in [1.807, 2.05) is 0 Å². The Balaban J connectivity index is 2.63. The van der Waals surface area contributed by atoms with Gasteiger partial charge in [0.15, 0.2) is 11.6 Å². The van der Waals surface area contributed by atoms with Gasteiger partial charge < -0.3 is 10.4 Å². The average Bonchev–Trinajstić information content (AvgIpc) is 2.21. The van der Waals surface area contributed by atoms with Crippen LogP contribution in [-0.2, 0) is 0 Å². The summed E-state index contributed by atoms with van der Waals surface area (Å²) in [4.78, 5) is 11.4. The van der Waals surface area contributed by atoms with Gasteiger partial charge in [-0.05, 0) is 25.5 Å². The van der Waals surface area contributed by atoms with Crippen LogP contribution < -0.4 is 5.32 Å². The van der Waals surface area contributed by atoms with E-state index in [1.165, 1.54) is 12.1 Å². The molecule has 16 heavy (non-hydrogen) atoms. The van der Waals surface area contributed by atoms with E-state index in [0.29, 0.717) is 6.42 Å². The number of benzene rings is 1. The first-order valence-electron chi connectivity index (χ1n) is 4.92. The van der Waals surface area contributed by atoms with Crippen molar-refractivity contribution in [2.45, 2.75) is 19.4 Å². The third-order valence-corrected chi connectivity index (χ3v) is 2.04. The lowest BCUT2D eigenvalue weighted by atomic mass is 10.2. The summed E-state index contributed by atoms with van der Waals surface area (Å²) in [6.45, 7) is 1.79. The molecule has 1 aromatic rings. The van der Waals surface area contributed by atoms with E-state index in [9.17, 15) is 13.6 Å². The number of aliphatic hydroxyl groups excluding tert-OH is 1. The first kappa shape index (κ1) is 12.6. The molecule has 0 aromatic heterocycles. The molecule has 0 heterocycles. The number of amides is 1. The molecule has 1 unspecified atom stereocenters. The fourth-order valence-corrected chi connectivity index (χ4v) is 1.17. The zero-order valence-electron chi connectivity index (χ0n) is 8.84. The summed E-state index contributed by atoms with van der Waals surface area (Å²) in [7, 11) is 0. The number of carbonyl (C=O) groups excluding carboxylic acids is 1. The maximum atomic E-state index is 13.2. The molecule has 0 bridgehead atoms. The van der Waals surface area contributed by atoms with Gasteiger partial charge in [-0.15, -0.1) is 0 Å². The van der Waals surface area contributed by atoms with Crippen LogP contribution in [0.15, 0.2) is 18.2 Å². The van der Waals surface area contributed by atoms with Gasteiger partial charge in [-0.3, -0.25) is 4.79 Å². The van der Waals surface area contributed by atoms with Crippen molar-refractivity contribution in [2.75, 3.05) is 6.54 Å². The van der Waals surface area contributed by atoms with Crippen molar-refractivity contribution in [3.8, 4) is 0 Å². The summed E-state index contributed by atoms with van der Waals surface area (Å²) >= 11 is 0. The average molecular weight is 229 g/mol. The maximum absolute atomic E-state index is 13.2.